The predicted molar refractivity (Wildman–Crippen MR) is 94.9 cm³/mol. The molecule has 0 bridgehead atoms. The van der Waals surface area contributed by atoms with Crippen LogP contribution < -0.4 is 9.47 Å². The molecule has 5 nitrogen and oxygen atoms in total. The second-order valence-electron chi connectivity index (χ2n) is 6.14. The van der Waals surface area contributed by atoms with Crippen LogP contribution in [0.1, 0.15) is 20.3 Å². The summed E-state index contributed by atoms with van der Waals surface area (Å²) in [6.07, 6.45) is 2.91. The van der Waals surface area contributed by atoms with Crippen molar-refractivity contribution in [3.8, 4) is 11.6 Å². The van der Waals surface area contributed by atoms with Gasteiger partial charge in [-0.25, -0.2) is 4.98 Å². The van der Waals surface area contributed by atoms with Crippen molar-refractivity contribution in [2.24, 2.45) is 0 Å². The maximum Gasteiger partial charge on any atom is 0.221 e. The van der Waals surface area contributed by atoms with Gasteiger partial charge in [0.1, 0.15) is 12.4 Å². The molecule has 0 amide bonds. The normalized spacial score (nSPS) is 16.9. The summed E-state index contributed by atoms with van der Waals surface area (Å²) in [6.45, 7) is 9.41. The number of ether oxygens (including phenoxy) is 3. The lowest BCUT2D eigenvalue weighted by Crippen LogP contribution is -2.38. The van der Waals surface area contributed by atoms with Crippen LogP contribution in [-0.2, 0) is 4.74 Å². The van der Waals surface area contributed by atoms with Crippen LogP contribution in [0.2, 0.25) is 0 Å². The van der Waals surface area contributed by atoms with Gasteiger partial charge in [0, 0.05) is 31.2 Å². The van der Waals surface area contributed by atoms with Crippen LogP contribution >= 0.6 is 0 Å². The zero-order chi connectivity index (χ0) is 16.8. The number of morpholine rings is 1. The predicted octanol–water partition coefficient (Wildman–Crippen LogP) is 3.12. The van der Waals surface area contributed by atoms with Gasteiger partial charge in [-0.1, -0.05) is 6.92 Å². The van der Waals surface area contributed by atoms with Gasteiger partial charge in [-0.3, -0.25) is 4.90 Å². The van der Waals surface area contributed by atoms with Crippen LogP contribution in [0, 0.1) is 0 Å². The van der Waals surface area contributed by atoms with Crippen LogP contribution in [0.3, 0.4) is 0 Å². The molecule has 2 aromatic rings. The third-order valence-corrected chi connectivity index (χ3v) is 4.37. The van der Waals surface area contributed by atoms with Crippen molar-refractivity contribution in [3.63, 3.8) is 0 Å². The van der Waals surface area contributed by atoms with Gasteiger partial charge in [0.25, 0.3) is 0 Å². The molecule has 1 fully saturated rings. The van der Waals surface area contributed by atoms with E-state index < -0.39 is 0 Å². The topological polar surface area (TPSA) is 43.8 Å². The summed E-state index contributed by atoms with van der Waals surface area (Å²) < 4.78 is 17.2. The Labute approximate surface area is 143 Å². The van der Waals surface area contributed by atoms with Crippen molar-refractivity contribution in [2.75, 3.05) is 39.5 Å². The largest absolute Gasteiger partial charge is 0.492 e. The molecular weight excluding hydrogens is 304 g/mol. The first kappa shape index (κ1) is 17.0. The molecule has 0 saturated carbocycles. The van der Waals surface area contributed by atoms with E-state index in [2.05, 4.69) is 29.8 Å². The monoisotopic (exact) mass is 330 g/mol. The molecule has 1 unspecified atom stereocenters. The molecule has 1 aromatic heterocycles. The average Bonchev–Trinajstić information content (AvgIpc) is 2.62. The van der Waals surface area contributed by atoms with E-state index in [1.165, 1.54) is 0 Å². The third-order valence-electron chi connectivity index (χ3n) is 4.37. The Kier molecular flexibility index (Phi) is 5.88. The standard InChI is InChI=1S/C19H26N2O3/c1-3-15(2)24-19-18-5-4-17(14-16(18)6-7-20-19)23-13-10-21-8-11-22-12-9-21/h4-7,14-15H,3,8-13H2,1-2H3. The highest BCUT2D eigenvalue weighted by atomic mass is 16.5. The Morgan fingerprint density at radius 3 is 2.88 bits per heavy atom. The van der Waals surface area contributed by atoms with E-state index in [9.17, 15) is 0 Å². The summed E-state index contributed by atoms with van der Waals surface area (Å²) in [7, 11) is 0. The van der Waals surface area contributed by atoms with Crippen molar-refractivity contribution in [2.45, 2.75) is 26.4 Å². The Bertz CT molecular complexity index is 656. The van der Waals surface area contributed by atoms with E-state index in [4.69, 9.17) is 14.2 Å². The lowest BCUT2D eigenvalue weighted by atomic mass is 10.1. The first-order valence-corrected chi connectivity index (χ1v) is 8.74. The molecule has 2 heterocycles. The van der Waals surface area contributed by atoms with Gasteiger partial charge in [0.05, 0.1) is 19.3 Å². The molecule has 1 aliphatic rings. The van der Waals surface area contributed by atoms with Crippen LogP contribution in [0.15, 0.2) is 30.5 Å². The van der Waals surface area contributed by atoms with E-state index in [0.717, 1.165) is 55.8 Å². The second kappa shape index (κ2) is 8.31. The maximum atomic E-state index is 5.92. The minimum absolute atomic E-state index is 0.160. The molecule has 1 aliphatic heterocycles. The molecule has 5 heteroatoms. The minimum atomic E-state index is 0.160. The first-order chi connectivity index (χ1) is 11.8. The Morgan fingerprint density at radius 1 is 1.25 bits per heavy atom. The fourth-order valence-electron chi connectivity index (χ4n) is 2.70. The number of benzene rings is 1. The molecule has 0 radical (unpaired) electrons. The molecule has 3 rings (SSSR count). The van der Waals surface area contributed by atoms with Gasteiger partial charge in [0.2, 0.25) is 5.88 Å². The summed E-state index contributed by atoms with van der Waals surface area (Å²) in [5.41, 5.74) is 0. The van der Waals surface area contributed by atoms with Crippen molar-refractivity contribution in [1.82, 2.24) is 9.88 Å². The number of fused-ring (bicyclic) bond motifs is 1. The molecule has 24 heavy (non-hydrogen) atoms. The van der Waals surface area contributed by atoms with Crippen LogP contribution in [-0.4, -0.2) is 55.4 Å². The molecule has 1 aromatic carbocycles. The molecule has 1 saturated heterocycles. The highest BCUT2D eigenvalue weighted by Gasteiger charge is 2.11. The van der Waals surface area contributed by atoms with Gasteiger partial charge >= 0.3 is 0 Å². The van der Waals surface area contributed by atoms with Crippen molar-refractivity contribution in [3.05, 3.63) is 30.5 Å². The lowest BCUT2D eigenvalue weighted by Gasteiger charge is -2.26. The number of hydrogen-bond acceptors (Lipinski definition) is 5. The fraction of sp³-hybridized carbons (Fsp3) is 0.526. The summed E-state index contributed by atoms with van der Waals surface area (Å²) in [5.74, 6) is 1.58. The second-order valence-corrected chi connectivity index (χ2v) is 6.14. The van der Waals surface area contributed by atoms with Crippen molar-refractivity contribution >= 4 is 10.8 Å². The van der Waals surface area contributed by atoms with E-state index in [1.807, 2.05) is 18.2 Å². The zero-order valence-electron chi connectivity index (χ0n) is 14.5. The van der Waals surface area contributed by atoms with E-state index in [1.54, 1.807) is 6.20 Å². The Morgan fingerprint density at radius 2 is 2.08 bits per heavy atom. The quantitative estimate of drug-likeness (QED) is 0.780. The maximum absolute atomic E-state index is 5.92. The van der Waals surface area contributed by atoms with E-state index in [0.29, 0.717) is 12.5 Å². The minimum Gasteiger partial charge on any atom is -0.492 e. The van der Waals surface area contributed by atoms with Crippen LogP contribution in [0.5, 0.6) is 11.6 Å². The number of hydrogen-bond donors (Lipinski definition) is 0. The number of nitrogens with zero attached hydrogens (tertiary/aromatic N) is 2. The van der Waals surface area contributed by atoms with Crippen molar-refractivity contribution < 1.29 is 14.2 Å². The van der Waals surface area contributed by atoms with Gasteiger partial charge in [0.15, 0.2) is 0 Å². The molecule has 130 valence electrons. The van der Waals surface area contributed by atoms with E-state index >= 15 is 0 Å². The summed E-state index contributed by atoms with van der Waals surface area (Å²) >= 11 is 0. The molecular formula is C19H26N2O3. The number of pyridine rings is 1. The molecule has 0 aliphatic carbocycles. The lowest BCUT2D eigenvalue weighted by molar-refractivity contribution is 0.0322. The van der Waals surface area contributed by atoms with Crippen LogP contribution in [0.4, 0.5) is 0 Å². The van der Waals surface area contributed by atoms with Gasteiger partial charge in [-0.2, -0.15) is 0 Å². The van der Waals surface area contributed by atoms with Gasteiger partial charge < -0.3 is 14.2 Å². The third kappa shape index (κ3) is 4.36. The molecule has 0 N–H and O–H groups in total. The van der Waals surface area contributed by atoms with Crippen LogP contribution in [0.25, 0.3) is 10.8 Å². The van der Waals surface area contributed by atoms with Crippen molar-refractivity contribution in [1.29, 1.82) is 0 Å². The first-order valence-electron chi connectivity index (χ1n) is 8.74. The van der Waals surface area contributed by atoms with Gasteiger partial charge in [-0.15, -0.1) is 0 Å². The SMILES string of the molecule is CCC(C)Oc1nccc2cc(OCCN3CCOCC3)ccc12. The highest BCUT2D eigenvalue weighted by molar-refractivity contribution is 5.87. The molecule has 0 spiro atoms. The van der Waals surface area contributed by atoms with E-state index in [-0.39, 0.29) is 6.10 Å². The summed E-state index contributed by atoms with van der Waals surface area (Å²) in [5, 5.41) is 2.12. The van der Waals surface area contributed by atoms with Gasteiger partial charge in [-0.05, 0) is 43.0 Å². The summed E-state index contributed by atoms with van der Waals surface area (Å²) in [6, 6.07) is 8.07. The number of aromatic nitrogens is 1. The Hall–Kier alpha value is -1.85. The molecule has 1 atom stereocenters. The Balaban J connectivity index is 1.63. The zero-order valence-corrected chi connectivity index (χ0v) is 14.5. The average molecular weight is 330 g/mol. The highest BCUT2D eigenvalue weighted by Crippen LogP contribution is 2.27. The fourth-order valence-corrected chi connectivity index (χ4v) is 2.70. The number of rotatable bonds is 7. The summed E-state index contributed by atoms with van der Waals surface area (Å²) in [4.78, 5) is 6.73. The smallest absolute Gasteiger partial charge is 0.221 e.